The molecule has 9 heteroatoms. The number of amides is 1. The number of ketones is 1. The van der Waals surface area contributed by atoms with Gasteiger partial charge in [-0.25, -0.2) is 9.59 Å². The second-order valence-electron chi connectivity index (χ2n) is 11.6. The topological polar surface area (TPSA) is 87.1 Å². The van der Waals surface area contributed by atoms with Gasteiger partial charge in [0, 0.05) is 27.0 Å². The zero-order valence-electron chi connectivity index (χ0n) is 22.4. The summed E-state index contributed by atoms with van der Waals surface area (Å²) in [5.74, 6) is -0.251. The third-order valence-corrected chi connectivity index (χ3v) is 8.31. The van der Waals surface area contributed by atoms with Crippen molar-refractivity contribution in [2.75, 3.05) is 6.61 Å². The zero-order valence-corrected chi connectivity index (χ0v) is 24.0. The predicted octanol–water partition coefficient (Wildman–Crippen LogP) is 6.50. The van der Waals surface area contributed by atoms with Crippen LogP contribution < -0.4 is 4.74 Å². The van der Waals surface area contributed by atoms with E-state index in [2.05, 4.69) is 38.7 Å². The Bertz CT molecular complexity index is 1510. The summed E-state index contributed by atoms with van der Waals surface area (Å²) in [6.07, 6.45) is 1.68. The molecular formula is C30H31BrN2O6. The normalized spacial score (nSPS) is 23.3. The van der Waals surface area contributed by atoms with E-state index in [1.54, 1.807) is 32.9 Å². The van der Waals surface area contributed by atoms with Crippen LogP contribution in [-0.2, 0) is 14.3 Å². The van der Waals surface area contributed by atoms with Gasteiger partial charge in [-0.15, -0.1) is 0 Å². The van der Waals surface area contributed by atoms with Gasteiger partial charge in [-0.3, -0.25) is 9.69 Å². The first-order valence-electron chi connectivity index (χ1n) is 13.3. The summed E-state index contributed by atoms with van der Waals surface area (Å²) in [6, 6.07) is 12.8. The van der Waals surface area contributed by atoms with E-state index in [1.165, 1.54) is 4.90 Å². The molecule has 1 saturated carbocycles. The van der Waals surface area contributed by atoms with Gasteiger partial charge in [-0.1, -0.05) is 22.0 Å². The van der Waals surface area contributed by atoms with Crippen molar-refractivity contribution in [2.24, 2.45) is 5.92 Å². The summed E-state index contributed by atoms with van der Waals surface area (Å²) in [7, 11) is 0. The van der Waals surface area contributed by atoms with Crippen LogP contribution in [0.4, 0.5) is 4.79 Å². The standard InChI is InChI=1S/C30H31BrN2O6/c1-16-32-23-10-7-20(31)11-19(23)13-24(32)22-9-6-17(14-26(22)38-16)25(34)15-37-28(35)27-18-5-8-21(12-18)33(27)29(36)39-30(2,3)4/h6-7,9-11,13-14,16,18,21,27H,5,8,12,15H2,1-4H3. The van der Waals surface area contributed by atoms with Crippen molar-refractivity contribution >= 4 is 44.7 Å². The van der Waals surface area contributed by atoms with Crippen molar-refractivity contribution in [3.63, 3.8) is 0 Å². The van der Waals surface area contributed by atoms with Crippen molar-refractivity contribution in [2.45, 2.75) is 70.9 Å². The average Bonchev–Trinajstić information content (AvgIpc) is 3.58. The molecule has 0 N–H and O–H groups in total. The van der Waals surface area contributed by atoms with E-state index in [1.807, 2.05) is 19.1 Å². The monoisotopic (exact) mass is 594 g/mol. The molecule has 204 valence electrons. The highest BCUT2D eigenvalue weighted by Gasteiger charge is 2.53. The van der Waals surface area contributed by atoms with Gasteiger partial charge in [-0.2, -0.15) is 0 Å². The van der Waals surface area contributed by atoms with Crippen LogP contribution in [0.1, 0.15) is 63.5 Å². The van der Waals surface area contributed by atoms with Gasteiger partial charge in [0.15, 0.2) is 18.6 Å². The molecule has 0 spiro atoms. The fraction of sp³-hybridized carbons (Fsp3) is 0.433. The maximum absolute atomic E-state index is 13.1. The number of ether oxygens (including phenoxy) is 3. The molecule has 3 aromatic rings. The second kappa shape index (κ2) is 9.40. The van der Waals surface area contributed by atoms with Crippen molar-refractivity contribution in [1.82, 2.24) is 9.47 Å². The quantitative estimate of drug-likeness (QED) is 0.253. The van der Waals surface area contributed by atoms with Crippen LogP contribution in [0.5, 0.6) is 5.75 Å². The van der Waals surface area contributed by atoms with E-state index >= 15 is 0 Å². The van der Waals surface area contributed by atoms with Gasteiger partial charge in [0.1, 0.15) is 17.4 Å². The van der Waals surface area contributed by atoms with Crippen LogP contribution in [0.25, 0.3) is 22.2 Å². The number of benzene rings is 2. The van der Waals surface area contributed by atoms with E-state index in [0.717, 1.165) is 45.9 Å². The lowest BCUT2D eigenvalue weighted by atomic mass is 9.99. The summed E-state index contributed by atoms with van der Waals surface area (Å²) in [6.45, 7) is 6.96. The molecule has 39 heavy (non-hydrogen) atoms. The molecule has 2 aliphatic heterocycles. The number of Topliss-reactive ketones (excluding diaryl/α,β-unsaturated/α-hetero) is 1. The number of hydrogen-bond acceptors (Lipinski definition) is 6. The molecule has 1 saturated heterocycles. The van der Waals surface area contributed by atoms with E-state index in [-0.39, 0.29) is 24.0 Å². The lowest BCUT2D eigenvalue weighted by Crippen LogP contribution is -2.51. The zero-order chi connectivity index (χ0) is 27.6. The maximum Gasteiger partial charge on any atom is 0.411 e. The molecule has 2 bridgehead atoms. The Morgan fingerprint density at radius 2 is 1.87 bits per heavy atom. The molecule has 1 aromatic heterocycles. The number of aromatic nitrogens is 1. The molecule has 1 amide bonds. The van der Waals surface area contributed by atoms with Gasteiger partial charge in [0.25, 0.3) is 0 Å². The Kier molecular flexibility index (Phi) is 6.25. The molecule has 1 aliphatic carbocycles. The molecule has 2 fully saturated rings. The summed E-state index contributed by atoms with van der Waals surface area (Å²) in [5, 5.41) is 1.09. The lowest BCUT2D eigenvalue weighted by Gasteiger charge is -2.35. The largest absolute Gasteiger partial charge is 0.470 e. The fourth-order valence-electron chi connectivity index (χ4n) is 6.22. The summed E-state index contributed by atoms with van der Waals surface area (Å²) in [5.41, 5.74) is 2.71. The number of carbonyl (C=O) groups excluding carboxylic acids is 3. The van der Waals surface area contributed by atoms with Crippen LogP contribution in [0.2, 0.25) is 0 Å². The Balaban J connectivity index is 1.18. The Labute approximate surface area is 235 Å². The minimum absolute atomic E-state index is 0.0242. The van der Waals surface area contributed by atoms with Crippen molar-refractivity contribution in [3.8, 4) is 17.0 Å². The maximum atomic E-state index is 13.1. The Morgan fingerprint density at radius 1 is 1.08 bits per heavy atom. The van der Waals surface area contributed by atoms with Gasteiger partial charge in [0.2, 0.25) is 0 Å². The van der Waals surface area contributed by atoms with Crippen LogP contribution in [0.15, 0.2) is 46.9 Å². The molecule has 4 unspecified atom stereocenters. The summed E-state index contributed by atoms with van der Waals surface area (Å²) < 4.78 is 20.4. The lowest BCUT2D eigenvalue weighted by molar-refractivity contribution is -0.150. The highest BCUT2D eigenvalue weighted by Crippen LogP contribution is 2.44. The van der Waals surface area contributed by atoms with Gasteiger partial charge in [0.05, 0.1) is 11.2 Å². The van der Waals surface area contributed by atoms with Crippen LogP contribution in [0, 0.1) is 5.92 Å². The van der Waals surface area contributed by atoms with Gasteiger partial charge >= 0.3 is 12.1 Å². The van der Waals surface area contributed by atoms with Crippen LogP contribution in [-0.4, -0.2) is 51.6 Å². The molecule has 8 nitrogen and oxygen atoms in total. The molecule has 2 aromatic carbocycles. The number of fused-ring (bicyclic) bond motifs is 7. The Morgan fingerprint density at radius 3 is 2.64 bits per heavy atom. The van der Waals surface area contributed by atoms with E-state index in [0.29, 0.717) is 11.3 Å². The SMILES string of the molecule is CC1Oc2cc(C(=O)COC(=O)C3C4CCC(C4)N3C(=O)OC(C)(C)C)ccc2-c2cc3cc(Br)ccc3n21. The van der Waals surface area contributed by atoms with Crippen LogP contribution >= 0.6 is 15.9 Å². The Hall–Kier alpha value is -3.33. The number of esters is 1. The van der Waals surface area contributed by atoms with E-state index < -0.39 is 30.3 Å². The molecule has 6 rings (SSSR count). The third kappa shape index (κ3) is 4.60. The number of halogens is 1. The average molecular weight is 595 g/mol. The van der Waals surface area contributed by atoms with Gasteiger partial charge < -0.3 is 18.8 Å². The second-order valence-corrected chi connectivity index (χ2v) is 12.5. The number of rotatable bonds is 4. The van der Waals surface area contributed by atoms with Crippen molar-refractivity contribution in [1.29, 1.82) is 0 Å². The first-order valence-corrected chi connectivity index (χ1v) is 14.1. The van der Waals surface area contributed by atoms with E-state index in [9.17, 15) is 14.4 Å². The molecule has 3 heterocycles. The predicted molar refractivity (Wildman–Crippen MR) is 149 cm³/mol. The first-order chi connectivity index (χ1) is 18.5. The number of piperidine rings is 1. The number of carbonyl (C=O) groups is 3. The number of hydrogen-bond donors (Lipinski definition) is 0. The third-order valence-electron chi connectivity index (χ3n) is 7.82. The highest BCUT2D eigenvalue weighted by molar-refractivity contribution is 9.10. The summed E-state index contributed by atoms with van der Waals surface area (Å²) in [4.78, 5) is 40.6. The first kappa shape index (κ1) is 25.9. The number of nitrogens with zero attached hydrogens (tertiary/aromatic N) is 2. The number of likely N-dealkylation sites (tertiary alicyclic amines) is 1. The van der Waals surface area contributed by atoms with Gasteiger partial charge in [-0.05, 0) is 89.3 Å². The molecule has 4 atom stereocenters. The molecular weight excluding hydrogens is 564 g/mol. The smallest absolute Gasteiger partial charge is 0.411 e. The summed E-state index contributed by atoms with van der Waals surface area (Å²) >= 11 is 3.54. The van der Waals surface area contributed by atoms with Crippen LogP contribution in [0.3, 0.4) is 0 Å². The van der Waals surface area contributed by atoms with Crippen molar-refractivity contribution < 1.29 is 28.6 Å². The highest BCUT2D eigenvalue weighted by atomic mass is 79.9. The minimum atomic E-state index is -0.721. The minimum Gasteiger partial charge on any atom is -0.470 e. The molecule has 3 aliphatic rings. The van der Waals surface area contributed by atoms with E-state index in [4.69, 9.17) is 14.2 Å². The van der Waals surface area contributed by atoms with Crippen molar-refractivity contribution in [3.05, 3.63) is 52.5 Å². The fourth-order valence-corrected chi connectivity index (χ4v) is 6.60. The molecule has 0 radical (unpaired) electrons.